The van der Waals surface area contributed by atoms with Crippen LogP contribution in [0.4, 0.5) is 0 Å². The summed E-state index contributed by atoms with van der Waals surface area (Å²) in [6, 6.07) is 8.39. The number of carbonyl (C=O) groups excluding carboxylic acids is 1. The molecule has 1 fully saturated rings. The third-order valence-electron chi connectivity index (χ3n) is 5.75. The number of methoxy groups -OCH3 is 1. The van der Waals surface area contributed by atoms with Crippen molar-refractivity contribution in [3.05, 3.63) is 46.5 Å². The van der Waals surface area contributed by atoms with Crippen molar-refractivity contribution in [2.45, 2.75) is 39.3 Å². The quantitative estimate of drug-likeness (QED) is 0.432. The molecule has 1 heterocycles. The summed E-state index contributed by atoms with van der Waals surface area (Å²) in [5, 5.41) is 12.7. The number of hydrogen-bond donors (Lipinski definition) is 2. The minimum absolute atomic E-state index is 0.00453. The topological polar surface area (TPSA) is 107 Å². The number of rotatable bonds is 12. The van der Waals surface area contributed by atoms with E-state index in [4.69, 9.17) is 35.7 Å². The highest BCUT2D eigenvalue weighted by atomic mass is 35.5. The van der Waals surface area contributed by atoms with Crippen LogP contribution >= 0.6 is 11.6 Å². The summed E-state index contributed by atoms with van der Waals surface area (Å²) in [5.41, 5.74) is 1.17. The summed E-state index contributed by atoms with van der Waals surface area (Å²) in [6.45, 7) is 6.02. The third-order valence-corrected chi connectivity index (χ3v) is 6.13. The molecule has 1 aliphatic heterocycles. The number of amides is 1. The largest absolute Gasteiger partial charge is 0.497 e. The van der Waals surface area contributed by atoms with Crippen LogP contribution in [0.2, 0.25) is 5.02 Å². The molecule has 196 valence electrons. The lowest BCUT2D eigenvalue weighted by atomic mass is 10.0. The molecule has 2 aromatic rings. The molecular formula is C26H33ClN2O7. The van der Waals surface area contributed by atoms with Gasteiger partial charge >= 0.3 is 5.97 Å². The first-order valence-electron chi connectivity index (χ1n) is 12.0. The second-order valence-electron chi connectivity index (χ2n) is 8.27. The Morgan fingerprint density at radius 2 is 1.61 bits per heavy atom. The van der Waals surface area contributed by atoms with E-state index in [0.717, 1.165) is 31.5 Å². The Morgan fingerprint density at radius 1 is 1.00 bits per heavy atom. The summed E-state index contributed by atoms with van der Waals surface area (Å²) in [4.78, 5) is 26.7. The Morgan fingerprint density at radius 3 is 2.17 bits per heavy atom. The van der Waals surface area contributed by atoms with Gasteiger partial charge in [0.05, 0.1) is 20.3 Å². The second-order valence-corrected chi connectivity index (χ2v) is 8.64. The lowest BCUT2D eigenvalue weighted by Gasteiger charge is -2.35. The lowest BCUT2D eigenvalue weighted by molar-refractivity contribution is -0.139. The number of ether oxygens (including phenoxy) is 4. The van der Waals surface area contributed by atoms with Crippen LogP contribution in [0.3, 0.4) is 0 Å². The zero-order chi connectivity index (χ0) is 26.1. The van der Waals surface area contributed by atoms with Gasteiger partial charge in [0.15, 0.2) is 6.61 Å². The van der Waals surface area contributed by atoms with Crippen LogP contribution in [0.5, 0.6) is 23.0 Å². The fraction of sp³-hybridized carbons (Fsp3) is 0.462. The van der Waals surface area contributed by atoms with Gasteiger partial charge < -0.3 is 34.3 Å². The van der Waals surface area contributed by atoms with Crippen LogP contribution in [0.15, 0.2) is 30.3 Å². The minimum Gasteiger partial charge on any atom is -0.497 e. The van der Waals surface area contributed by atoms with Crippen molar-refractivity contribution in [1.29, 1.82) is 0 Å². The Hall–Kier alpha value is -3.17. The number of nitrogens with zero attached hydrogens (tertiary/aromatic N) is 1. The first kappa shape index (κ1) is 27.4. The number of aliphatic carboxylic acids is 1. The predicted octanol–water partition coefficient (Wildman–Crippen LogP) is 4.00. The van der Waals surface area contributed by atoms with E-state index in [1.807, 2.05) is 30.9 Å². The van der Waals surface area contributed by atoms with Gasteiger partial charge in [-0.1, -0.05) is 11.6 Å². The van der Waals surface area contributed by atoms with Crippen molar-refractivity contribution < 1.29 is 33.6 Å². The maximum Gasteiger partial charge on any atom is 0.341 e. The number of carboxylic acids is 1. The van der Waals surface area contributed by atoms with Gasteiger partial charge in [-0.3, -0.25) is 4.79 Å². The molecule has 1 amide bonds. The summed E-state index contributed by atoms with van der Waals surface area (Å²) < 4.78 is 22.1. The summed E-state index contributed by atoms with van der Waals surface area (Å²) in [6.07, 6.45) is 1.59. The predicted molar refractivity (Wildman–Crippen MR) is 136 cm³/mol. The monoisotopic (exact) mass is 520 g/mol. The van der Waals surface area contributed by atoms with E-state index in [1.165, 1.54) is 7.11 Å². The van der Waals surface area contributed by atoms with Gasteiger partial charge in [-0.25, -0.2) is 4.79 Å². The molecule has 0 aromatic heterocycles. The number of nitrogens with one attached hydrogen (secondary N) is 1. The van der Waals surface area contributed by atoms with Gasteiger partial charge in [0, 0.05) is 24.2 Å². The van der Waals surface area contributed by atoms with E-state index < -0.39 is 12.6 Å². The van der Waals surface area contributed by atoms with E-state index in [0.29, 0.717) is 47.6 Å². The number of halogens is 1. The van der Waals surface area contributed by atoms with Crippen LogP contribution < -0.4 is 24.3 Å². The van der Waals surface area contributed by atoms with Crippen molar-refractivity contribution in [1.82, 2.24) is 10.2 Å². The standard InChI is InChI=1S/C26H33ClN2O7/c1-4-34-22-10-17(11-23(25(22)27)35-5-2)15-29(19-6-8-28-9-7-19)26(32)18-12-20(33-3)14-21(13-18)36-16-24(30)31/h10-14,19,28H,4-9,15-16H2,1-3H3,(H,30,31). The SMILES string of the molecule is CCOc1cc(CN(C(=O)c2cc(OC)cc(OCC(=O)O)c2)C2CCNCC2)cc(OCC)c1Cl. The Kier molecular flexibility index (Phi) is 10.1. The fourth-order valence-electron chi connectivity index (χ4n) is 4.13. The van der Waals surface area contributed by atoms with Crippen molar-refractivity contribution >= 4 is 23.5 Å². The van der Waals surface area contributed by atoms with Crippen molar-refractivity contribution in [3.8, 4) is 23.0 Å². The first-order valence-corrected chi connectivity index (χ1v) is 12.4. The average Bonchev–Trinajstić information content (AvgIpc) is 2.88. The molecule has 0 spiro atoms. The first-order chi connectivity index (χ1) is 17.4. The molecule has 0 atom stereocenters. The van der Waals surface area contributed by atoms with E-state index in [2.05, 4.69) is 5.32 Å². The normalized spacial score (nSPS) is 13.7. The van der Waals surface area contributed by atoms with E-state index in [9.17, 15) is 9.59 Å². The highest BCUT2D eigenvalue weighted by Crippen LogP contribution is 2.37. The number of piperidine rings is 1. The van der Waals surface area contributed by atoms with Crippen LogP contribution in [0.1, 0.15) is 42.6 Å². The van der Waals surface area contributed by atoms with E-state index in [1.54, 1.807) is 18.2 Å². The summed E-state index contributed by atoms with van der Waals surface area (Å²) >= 11 is 6.48. The molecule has 2 N–H and O–H groups in total. The van der Waals surface area contributed by atoms with E-state index in [-0.39, 0.29) is 17.7 Å². The molecule has 0 bridgehead atoms. The van der Waals surface area contributed by atoms with Crippen molar-refractivity contribution in [2.24, 2.45) is 0 Å². The van der Waals surface area contributed by atoms with Gasteiger partial charge in [-0.2, -0.15) is 0 Å². The molecule has 3 rings (SSSR count). The van der Waals surface area contributed by atoms with E-state index >= 15 is 0 Å². The van der Waals surface area contributed by atoms with Crippen molar-refractivity contribution in [3.63, 3.8) is 0 Å². The van der Waals surface area contributed by atoms with Crippen LogP contribution in [0.25, 0.3) is 0 Å². The molecule has 1 aliphatic rings. The number of carboxylic acid groups (broad SMARTS) is 1. The van der Waals surface area contributed by atoms with Gasteiger partial charge in [-0.15, -0.1) is 0 Å². The summed E-state index contributed by atoms with van der Waals surface area (Å²) in [5.74, 6) is 0.323. The molecule has 2 aromatic carbocycles. The zero-order valence-corrected chi connectivity index (χ0v) is 21.6. The average molecular weight is 521 g/mol. The minimum atomic E-state index is -1.11. The molecule has 10 heteroatoms. The van der Waals surface area contributed by atoms with Gasteiger partial charge in [-0.05, 0) is 69.6 Å². The van der Waals surface area contributed by atoms with Gasteiger partial charge in [0.1, 0.15) is 28.0 Å². The van der Waals surface area contributed by atoms with Crippen LogP contribution in [0, 0.1) is 0 Å². The maximum atomic E-state index is 13.9. The second kappa shape index (κ2) is 13.2. The lowest BCUT2D eigenvalue weighted by Crippen LogP contribution is -2.45. The van der Waals surface area contributed by atoms with Crippen LogP contribution in [-0.4, -0.2) is 67.9 Å². The fourth-order valence-corrected chi connectivity index (χ4v) is 4.35. The molecule has 1 saturated heterocycles. The molecule has 0 saturated carbocycles. The molecule has 9 nitrogen and oxygen atoms in total. The smallest absolute Gasteiger partial charge is 0.341 e. The molecule has 0 radical (unpaired) electrons. The maximum absolute atomic E-state index is 13.9. The molecule has 0 unspecified atom stereocenters. The highest BCUT2D eigenvalue weighted by molar-refractivity contribution is 6.33. The van der Waals surface area contributed by atoms with Gasteiger partial charge in [0.25, 0.3) is 5.91 Å². The number of carbonyl (C=O) groups is 2. The molecule has 0 aliphatic carbocycles. The summed E-state index contributed by atoms with van der Waals surface area (Å²) in [7, 11) is 1.48. The van der Waals surface area contributed by atoms with Crippen molar-refractivity contribution in [2.75, 3.05) is 40.0 Å². The number of hydrogen-bond acceptors (Lipinski definition) is 7. The number of benzene rings is 2. The highest BCUT2D eigenvalue weighted by Gasteiger charge is 2.28. The van der Waals surface area contributed by atoms with Gasteiger partial charge in [0.2, 0.25) is 0 Å². The Bertz CT molecular complexity index is 1030. The Balaban J connectivity index is 1.98. The molecule has 36 heavy (non-hydrogen) atoms. The third kappa shape index (κ3) is 7.18. The Labute approximate surface area is 216 Å². The molecular weight excluding hydrogens is 488 g/mol. The van der Waals surface area contributed by atoms with Crippen LogP contribution in [-0.2, 0) is 11.3 Å². The zero-order valence-electron chi connectivity index (χ0n) is 20.8.